The molecule has 0 fully saturated rings. The first kappa shape index (κ1) is 45.7. The molecule has 0 spiro atoms. The molecule has 0 bridgehead atoms. The molecule has 0 saturated heterocycles. The quantitative estimate of drug-likeness (QED) is 0.0525. The molecule has 4 amide bonds. The Kier molecular flexibility index (Phi) is 33.4. The second-order valence-electron chi connectivity index (χ2n) is 14.8. The zero-order chi connectivity index (χ0) is 36.0. The van der Waals surface area contributed by atoms with Crippen molar-refractivity contribution in [3.8, 4) is 0 Å². The van der Waals surface area contributed by atoms with Gasteiger partial charge in [0.15, 0.2) is 0 Å². The Balaban J connectivity index is 1.93. The van der Waals surface area contributed by atoms with Crippen LogP contribution in [0.3, 0.4) is 0 Å². The van der Waals surface area contributed by atoms with E-state index in [1.807, 2.05) is 0 Å². The van der Waals surface area contributed by atoms with Gasteiger partial charge in [0.25, 0.3) is 0 Å². The largest absolute Gasteiger partial charge is 0.338 e. The number of rotatable bonds is 36. The van der Waals surface area contributed by atoms with Gasteiger partial charge in [-0.3, -0.25) is 10.6 Å². The predicted molar refractivity (Wildman–Crippen MR) is 217 cm³/mol. The molecular weight excluding hydrogens is 619 g/mol. The summed E-state index contributed by atoms with van der Waals surface area (Å²) < 4.78 is 0. The van der Waals surface area contributed by atoms with Crippen molar-refractivity contribution in [2.45, 2.75) is 219 Å². The van der Waals surface area contributed by atoms with Crippen LogP contribution in [0.15, 0.2) is 18.2 Å². The van der Waals surface area contributed by atoms with Gasteiger partial charge in [0, 0.05) is 13.1 Å². The minimum atomic E-state index is -0.261. The van der Waals surface area contributed by atoms with Gasteiger partial charge in [-0.25, -0.2) is 14.6 Å². The molecule has 0 aliphatic carbocycles. The minimum absolute atomic E-state index is 0.261. The molecule has 0 aromatic carbocycles. The van der Waals surface area contributed by atoms with Crippen molar-refractivity contribution in [3.05, 3.63) is 18.2 Å². The highest BCUT2D eigenvalue weighted by Gasteiger charge is 2.06. The fraction of sp³-hybridized carbons (Fsp3) is 0.837. The van der Waals surface area contributed by atoms with Crippen LogP contribution in [-0.2, 0) is 0 Å². The Morgan fingerprint density at radius 1 is 0.400 bits per heavy atom. The summed E-state index contributed by atoms with van der Waals surface area (Å²) >= 11 is 0. The molecule has 0 aliphatic heterocycles. The standard InChI is InChI=1S/C43H81N5O2/c1-3-5-7-9-11-13-15-17-19-21-23-25-27-29-31-33-38-44-42(49)47-40-36-35-37-41(46-40)48-43(50)45-39-34-32-30-28-26-24-22-20-18-16-14-12-10-8-6-4-2/h35-37H,3-34,38-39H2,1-2H3,(H4,44,45,46,47,48,49,50). The number of amides is 4. The molecule has 0 radical (unpaired) electrons. The normalized spacial score (nSPS) is 11.1. The maximum Gasteiger partial charge on any atom is 0.320 e. The molecule has 7 heteroatoms. The third-order valence-electron chi connectivity index (χ3n) is 9.86. The van der Waals surface area contributed by atoms with Crippen LogP contribution in [0.5, 0.6) is 0 Å². The number of aromatic nitrogens is 1. The molecule has 50 heavy (non-hydrogen) atoms. The third-order valence-corrected chi connectivity index (χ3v) is 9.86. The predicted octanol–water partition coefficient (Wildman–Crippen LogP) is 13.8. The number of anilines is 2. The molecule has 0 atom stereocenters. The smallest absolute Gasteiger partial charge is 0.320 e. The highest BCUT2D eigenvalue weighted by Crippen LogP contribution is 2.15. The lowest BCUT2D eigenvalue weighted by atomic mass is 10.0. The first-order valence-electron chi connectivity index (χ1n) is 21.7. The number of hydrogen-bond donors (Lipinski definition) is 4. The van der Waals surface area contributed by atoms with Crippen LogP contribution in [0.2, 0.25) is 0 Å². The van der Waals surface area contributed by atoms with Gasteiger partial charge < -0.3 is 10.6 Å². The van der Waals surface area contributed by atoms with Crippen molar-refractivity contribution in [1.82, 2.24) is 15.6 Å². The Hall–Kier alpha value is -2.31. The maximum absolute atomic E-state index is 12.3. The number of hydrogen-bond acceptors (Lipinski definition) is 3. The Morgan fingerprint density at radius 2 is 0.640 bits per heavy atom. The summed E-state index contributed by atoms with van der Waals surface area (Å²) in [7, 11) is 0. The summed E-state index contributed by atoms with van der Waals surface area (Å²) in [6.07, 6.45) is 42.8. The number of pyridine rings is 1. The molecule has 0 saturated carbocycles. The van der Waals surface area contributed by atoms with Crippen LogP contribution in [0.25, 0.3) is 0 Å². The van der Waals surface area contributed by atoms with Gasteiger partial charge in [0.1, 0.15) is 11.6 Å². The van der Waals surface area contributed by atoms with E-state index in [-0.39, 0.29) is 12.1 Å². The molecule has 7 nitrogen and oxygen atoms in total. The van der Waals surface area contributed by atoms with Gasteiger partial charge in [-0.2, -0.15) is 0 Å². The van der Waals surface area contributed by atoms with E-state index in [0.717, 1.165) is 25.7 Å². The summed E-state index contributed by atoms with van der Waals surface area (Å²) in [5.74, 6) is 0.843. The number of carbonyl (C=O) groups excluding carboxylic acids is 2. The average Bonchev–Trinajstić information content (AvgIpc) is 3.11. The van der Waals surface area contributed by atoms with Crippen LogP contribution in [-0.4, -0.2) is 30.1 Å². The van der Waals surface area contributed by atoms with E-state index in [0.29, 0.717) is 24.7 Å². The summed E-state index contributed by atoms with van der Waals surface area (Å²) in [5.41, 5.74) is 0. The van der Waals surface area contributed by atoms with Gasteiger partial charge in [0.05, 0.1) is 0 Å². The van der Waals surface area contributed by atoms with Crippen molar-refractivity contribution in [3.63, 3.8) is 0 Å². The van der Waals surface area contributed by atoms with Gasteiger partial charge in [-0.1, -0.05) is 213 Å². The van der Waals surface area contributed by atoms with Crippen molar-refractivity contribution >= 4 is 23.7 Å². The van der Waals surface area contributed by atoms with Crippen LogP contribution >= 0.6 is 0 Å². The summed E-state index contributed by atoms with van der Waals surface area (Å²) in [6.45, 7) is 5.88. The lowest BCUT2D eigenvalue weighted by Gasteiger charge is -2.10. The monoisotopic (exact) mass is 700 g/mol. The van der Waals surface area contributed by atoms with Crippen LogP contribution < -0.4 is 21.3 Å². The van der Waals surface area contributed by atoms with E-state index in [1.54, 1.807) is 18.2 Å². The van der Waals surface area contributed by atoms with Gasteiger partial charge in [-0.05, 0) is 25.0 Å². The van der Waals surface area contributed by atoms with E-state index < -0.39 is 0 Å². The van der Waals surface area contributed by atoms with Gasteiger partial charge >= 0.3 is 12.1 Å². The fourth-order valence-corrected chi connectivity index (χ4v) is 6.65. The fourth-order valence-electron chi connectivity index (χ4n) is 6.65. The minimum Gasteiger partial charge on any atom is -0.338 e. The maximum atomic E-state index is 12.3. The summed E-state index contributed by atoms with van der Waals surface area (Å²) in [5, 5.41) is 11.4. The molecule has 290 valence electrons. The molecule has 0 aliphatic rings. The number of nitrogens with zero attached hydrogens (tertiary/aromatic N) is 1. The highest BCUT2D eigenvalue weighted by atomic mass is 16.2. The van der Waals surface area contributed by atoms with Crippen molar-refractivity contribution in [1.29, 1.82) is 0 Å². The van der Waals surface area contributed by atoms with E-state index in [1.165, 1.54) is 180 Å². The van der Waals surface area contributed by atoms with Crippen LogP contribution in [0, 0.1) is 0 Å². The molecule has 0 unspecified atom stereocenters. The van der Waals surface area contributed by atoms with Crippen LogP contribution in [0.1, 0.15) is 219 Å². The van der Waals surface area contributed by atoms with E-state index >= 15 is 0 Å². The molecule has 1 aromatic heterocycles. The number of nitrogens with one attached hydrogen (secondary N) is 4. The van der Waals surface area contributed by atoms with Gasteiger partial charge in [-0.15, -0.1) is 0 Å². The van der Waals surface area contributed by atoms with Gasteiger partial charge in [0.2, 0.25) is 0 Å². The Bertz CT molecular complexity index is 829. The molecule has 1 aromatic rings. The molecule has 1 rings (SSSR count). The number of carbonyl (C=O) groups is 2. The van der Waals surface area contributed by atoms with Crippen molar-refractivity contribution in [2.75, 3.05) is 23.7 Å². The average molecular weight is 700 g/mol. The SMILES string of the molecule is CCCCCCCCCCCCCCCCCCNC(=O)Nc1cccc(NC(=O)NCCCCCCCCCCCCCCCCCC)n1. The Morgan fingerprint density at radius 3 is 0.900 bits per heavy atom. The number of urea groups is 2. The van der Waals surface area contributed by atoms with Crippen molar-refractivity contribution in [2.24, 2.45) is 0 Å². The zero-order valence-electron chi connectivity index (χ0n) is 33.0. The topological polar surface area (TPSA) is 95.2 Å². The second kappa shape index (κ2) is 36.5. The summed E-state index contributed by atoms with van der Waals surface area (Å²) in [6, 6.07) is 4.72. The zero-order valence-corrected chi connectivity index (χ0v) is 33.0. The Labute approximate surface area is 309 Å². The first-order valence-corrected chi connectivity index (χ1v) is 21.7. The van der Waals surface area contributed by atoms with E-state index in [4.69, 9.17) is 0 Å². The van der Waals surface area contributed by atoms with E-state index in [2.05, 4.69) is 40.1 Å². The first-order chi connectivity index (χ1) is 24.7. The summed E-state index contributed by atoms with van der Waals surface area (Å²) in [4.78, 5) is 29.0. The molecular formula is C43H81N5O2. The highest BCUT2D eigenvalue weighted by molar-refractivity contribution is 5.90. The van der Waals surface area contributed by atoms with Crippen LogP contribution in [0.4, 0.5) is 21.2 Å². The number of unbranched alkanes of at least 4 members (excludes halogenated alkanes) is 30. The lowest BCUT2D eigenvalue weighted by Crippen LogP contribution is -2.31. The third kappa shape index (κ3) is 31.7. The second-order valence-corrected chi connectivity index (χ2v) is 14.8. The lowest BCUT2D eigenvalue weighted by molar-refractivity contribution is 0.251. The van der Waals surface area contributed by atoms with Crippen molar-refractivity contribution < 1.29 is 9.59 Å². The van der Waals surface area contributed by atoms with E-state index in [9.17, 15) is 9.59 Å². The molecule has 4 N–H and O–H groups in total. The molecule has 1 heterocycles.